The zero-order valence-corrected chi connectivity index (χ0v) is 17.6. The summed E-state index contributed by atoms with van der Waals surface area (Å²) in [6, 6.07) is 20.2. The number of ether oxygens (including phenoxy) is 2. The maximum atomic E-state index is 12.9. The largest absolute Gasteiger partial charge is 0.490 e. The number of rotatable bonds is 9. The molecule has 0 unspecified atom stereocenters. The van der Waals surface area contributed by atoms with E-state index in [-0.39, 0.29) is 24.1 Å². The van der Waals surface area contributed by atoms with Crippen LogP contribution in [0.2, 0.25) is 5.02 Å². The van der Waals surface area contributed by atoms with E-state index in [4.69, 9.17) is 26.2 Å². The topological polar surface area (TPSA) is 84.9 Å². The first-order chi connectivity index (χ1) is 14.9. The Kier molecular flexibility index (Phi) is 7.51. The van der Waals surface area contributed by atoms with Gasteiger partial charge in [0, 0.05) is 5.02 Å². The second kappa shape index (κ2) is 10.5. The van der Waals surface area contributed by atoms with Crippen LogP contribution in [0.5, 0.6) is 11.5 Å². The predicted octanol–water partition coefficient (Wildman–Crippen LogP) is 4.99. The van der Waals surface area contributed by atoms with Crippen LogP contribution in [0.25, 0.3) is 0 Å². The highest BCUT2D eigenvalue weighted by Crippen LogP contribution is 2.24. The molecule has 1 atom stereocenters. The van der Waals surface area contributed by atoms with Crippen LogP contribution in [0.3, 0.4) is 0 Å². The SMILES string of the molecule is C[C@H](NC(=O)c1cc(Cl)ccc1OCCOc1ccccc1)c1ccc(C(=O)O)cc1. The van der Waals surface area contributed by atoms with Gasteiger partial charge < -0.3 is 19.9 Å². The van der Waals surface area contributed by atoms with E-state index < -0.39 is 5.97 Å². The van der Waals surface area contributed by atoms with E-state index in [1.165, 1.54) is 12.1 Å². The van der Waals surface area contributed by atoms with Gasteiger partial charge in [-0.15, -0.1) is 0 Å². The first kappa shape index (κ1) is 22.2. The van der Waals surface area contributed by atoms with Crippen molar-refractivity contribution >= 4 is 23.5 Å². The summed E-state index contributed by atoms with van der Waals surface area (Å²) in [4.78, 5) is 23.9. The molecule has 160 valence electrons. The Bertz CT molecular complexity index is 1040. The van der Waals surface area contributed by atoms with Gasteiger partial charge in [0.25, 0.3) is 5.91 Å². The number of benzene rings is 3. The van der Waals surface area contributed by atoms with E-state index in [0.29, 0.717) is 22.9 Å². The number of aromatic carboxylic acids is 1. The summed E-state index contributed by atoms with van der Waals surface area (Å²) in [6.45, 7) is 2.38. The van der Waals surface area contributed by atoms with E-state index in [1.54, 1.807) is 30.3 Å². The van der Waals surface area contributed by atoms with E-state index in [0.717, 1.165) is 11.3 Å². The Morgan fingerprint density at radius 2 is 1.65 bits per heavy atom. The molecule has 0 bridgehead atoms. The normalized spacial score (nSPS) is 11.4. The van der Waals surface area contributed by atoms with Crippen LogP contribution in [0, 0.1) is 0 Å². The molecule has 0 saturated carbocycles. The zero-order chi connectivity index (χ0) is 22.2. The van der Waals surface area contributed by atoms with Crippen molar-refractivity contribution in [3.8, 4) is 11.5 Å². The summed E-state index contributed by atoms with van der Waals surface area (Å²) >= 11 is 6.09. The molecule has 1 amide bonds. The fourth-order valence-corrected chi connectivity index (χ4v) is 3.08. The molecule has 3 aromatic rings. The van der Waals surface area contributed by atoms with Crippen molar-refractivity contribution in [2.24, 2.45) is 0 Å². The van der Waals surface area contributed by atoms with Crippen LogP contribution in [0.1, 0.15) is 39.2 Å². The monoisotopic (exact) mass is 439 g/mol. The smallest absolute Gasteiger partial charge is 0.335 e. The summed E-state index contributed by atoms with van der Waals surface area (Å²) in [7, 11) is 0. The number of carbonyl (C=O) groups excluding carboxylic acids is 1. The maximum absolute atomic E-state index is 12.9. The van der Waals surface area contributed by atoms with Crippen LogP contribution in [0.4, 0.5) is 0 Å². The highest BCUT2D eigenvalue weighted by Gasteiger charge is 2.17. The predicted molar refractivity (Wildman–Crippen MR) is 118 cm³/mol. The van der Waals surface area contributed by atoms with Crippen molar-refractivity contribution in [3.05, 3.63) is 94.5 Å². The molecule has 0 spiro atoms. The van der Waals surface area contributed by atoms with E-state index in [9.17, 15) is 9.59 Å². The van der Waals surface area contributed by atoms with Gasteiger partial charge in [-0.1, -0.05) is 41.9 Å². The Morgan fingerprint density at radius 1 is 0.968 bits per heavy atom. The van der Waals surface area contributed by atoms with Gasteiger partial charge in [-0.25, -0.2) is 4.79 Å². The van der Waals surface area contributed by atoms with Gasteiger partial charge in [-0.05, 0) is 55.0 Å². The number of nitrogens with one attached hydrogen (secondary N) is 1. The number of carbonyl (C=O) groups is 2. The molecule has 0 aliphatic carbocycles. The number of amides is 1. The first-order valence-corrected chi connectivity index (χ1v) is 10.1. The van der Waals surface area contributed by atoms with Gasteiger partial charge in [-0.3, -0.25) is 4.79 Å². The van der Waals surface area contributed by atoms with Gasteiger partial charge in [0.15, 0.2) is 0 Å². The Hall–Kier alpha value is -3.51. The molecule has 6 nitrogen and oxygen atoms in total. The fourth-order valence-electron chi connectivity index (χ4n) is 2.91. The molecule has 0 fully saturated rings. The summed E-state index contributed by atoms with van der Waals surface area (Å²) in [5.41, 5.74) is 1.27. The van der Waals surface area contributed by atoms with E-state index in [2.05, 4.69) is 5.32 Å². The van der Waals surface area contributed by atoms with Crippen LogP contribution in [-0.4, -0.2) is 30.2 Å². The number of halogens is 1. The molecule has 0 heterocycles. The van der Waals surface area contributed by atoms with Crippen molar-refractivity contribution in [1.82, 2.24) is 5.32 Å². The van der Waals surface area contributed by atoms with Gasteiger partial charge in [-0.2, -0.15) is 0 Å². The second-order valence-corrected chi connectivity index (χ2v) is 7.21. The molecule has 0 saturated heterocycles. The fraction of sp³-hybridized carbons (Fsp3) is 0.167. The minimum Gasteiger partial charge on any atom is -0.490 e. The van der Waals surface area contributed by atoms with E-state index in [1.807, 2.05) is 37.3 Å². The summed E-state index contributed by atoms with van der Waals surface area (Å²) in [5, 5.41) is 12.3. The standard InChI is InChI=1S/C24H22ClNO5/c1-16(17-7-9-18(10-8-17)24(28)29)26-23(27)21-15-19(25)11-12-22(21)31-14-13-30-20-5-3-2-4-6-20/h2-12,15-16H,13-14H2,1H3,(H,26,27)(H,28,29)/t16-/m0/s1. The van der Waals surface area contributed by atoms with Crippen LogP contribution >= 0.6 is 11.6 Å². The number of carboxylic acids is 1. The lowest BCUT2D eigenvalue weighted by Crippen LogP contribution is -2.27. The summed E-state index contributed by atoms with van der Waals surface area (Å²) < 4.78 is 11.4. The highest BCUT2D eigenvalue weighted by atomic mass is 35.5. The average molecular weight is 440 g/mol. The van der Waals surface area contributed by atoms with Gasteiger partial charge >= 0.3 is 5.97 Å². The molecule has 3 rings (SSSR count). The van der Waals surface area contributed by atoms with Gasteiger partial charge in [0.2, 0.25) is 0 Å². The molecule has 0 radical (unpaired) electrons. The molecule has 7 heteroatoms. The molecule has 0 aliphatic heterocycles. The molecular weight excluding hydrogens is 418 g/mol. The lowest BCUT2D eigenvalue weighted by molar-refractivity contribution is 0.0696. The Morgan fingerprint density at radius 3 is 2.32 bits per heavy atom. The summed E-state index contributed by atoms with van der Waals surface area (Å²) in [5.74, 6) is -0.216. The molecule has 3 aromatic carbocycles. The molecule has 2 N–H and O–H groups in total. The first-order valence-electron chi connectivity index (χ1n) is 9.68. The minimum atomic E-state index is -1.000. The van der Waals surface area contributed by atoms with Crippen LogP contribution in [0.15, 0.2) is 72.8 Å². The molecule has 0 aliphatic rings. The number of para-hydroxylation sites is 1. The van der Waals surface area contributed by atoms with Crippen molar-refractivity contribution in [1.29, 1.82) is 0 Å². The van der Waals surface area contributed by atoms with Crippen LogP contribution in [-0.2, 0) is 0 Å². The highest BCUT2D eigenvalue weighted by molar-refractivity contribution is 6.31. The summed E-state index contributed by atoms with van der Waals surface area (Å²) in [6.07, 6.45) is 0. The van der Waals surface area contributed by atoms with Gasteiger partial charge in [0.05, 0.1) is 17.2 Å². The lowest BCUT2D eigenvalue weighted by atomic mass is 10.1. The molecule has 0 aromatic heterocycles. The third-order valence-corrected chi connectivity index (χ3v) is 4.78. The van der Waals surface area contributed by atoms with Crippen molar-refractivity contribution in [3.63, 3.8) is 0 Å². The average Bonchev–Trinajstić information content (AvgIpc) is 2.78. The van der Waals surface area contributed by atoms with Crippen LogP contribution < -0.4 is 14.8 Å². The molecule has 31 heavy (non-hydrogen) atoms. The lowest BCUT2D eigenvalue weighted by Gasteiger charge is -2.17. The third-order valence-electron chi connectivity index (χ3n) is 4.54. The quantitative estimate of drug-likeness (QED) is 0.459. The van der Waals surface area contributed by atoms with E-state index >= 15 is 0 Å². The number of carboxylic acid groups (broad SMARTS) is 1. The number of hydrogen-bond acceptors (Lipinski definition) is 4. The molecular formula is C24H22ClNO5. The minimum absolute atomic E-state index is 0.186. The third kappa shape index (κ3) is 6.23. The van der Waals surface area contributed by atoms with Crippen molar-refractivity contribution < 1.29 is 24.2 Å². The number of hydrogen-bond donors (Lipinski definition) is 2. The van der Waals surface area contributed by atoms with Crippen molar-refractivity contribution in [2.75, 3.05) is 13.2 Å². The maximum Gasteiger partial charge on any atom is 0.335 e. The Balaban J connectivity index is 1.63. The van der Waals surface area contributed by atoms with Crippen molar-refractivity contribution in [2.45, 2.75) is 13.0 Å². The zero-order valence-electron chi connectivity index (χ0n) is 16.9. The second-order valence-electron chi connectivity index (χ2n) is 6.77. The Labute approximate surface area is 185 Å². The van der Waals surface area contributed by atoms with Gasteiger partial charge in [0.1, 0.15) is 24.7 Å².